The number of likely N-dealkylation sites (N-methyl/N-ethyl adjacent to an activating group) is 1. The molecule has 0 atom stereocenters. The van der Waals surface area contributed by atoms with E-state index in [0.29, 0.717) is 6.54 Å². The molecule has 0 radical (unpaired) electrons. The van der Waals surface area contributed by atoms with Gasteiger partial charge in [0.25, 0.3) is 0 Å². The van der Waals surface area contributed by atoms with Crippen LogP contribution in [0.4, 0.5) is 0 Å². The first-order chi connectivity index (χ1) is 8.06. The van der Waals surface area contributed by atoms with E-state index in [1.807, 2.05) is 37.2 Å². The van der Waals surface area contributed by atoms with Crippen molar-refractivity contribution >= 4 is 16.6 Å². The molecule has 0 saturated heterocycles. The lowest BCUT2D eigenvalue weighted by molar-refractivity contribution is 0.0958. The minimum Gasteiger partial charge on any atom is -0.302 e. The highest BCUT2D eigenvalue weighted by Gasteiger charge is 2.07. The second-order valence-corrected chi connectivity index (χ2v) is 4.73. The molecule has 0 aliphatic rings. The number of hydrogen-bond acceptors (Lipinski definition) is 2. The summed E-state index contributed by atoms with van der Waals surface area (Å²) in [5.74, 6) is 0.164. The quantitative estimate of drug-likeness (QED) is 0.751. The summed E-state index contributed by atoms with van der Waals surface area (Å²) in [6.45, 7) is 2.53. The van der Waals surface area contributed by atoms with Gasteiger partial charge in [-0.25, -0.2) is 0 Å². The number of nitrogens with zero attached hydrogens (tertiary/aromatic N) is 1. The Bertz CT molecular complexity index is 558. The second kappa shape index (κ2) is 4.68. The lowest BCUT2D eigenvalue weighted by Gasteiger charge is -2.09. The number of ketones is 1. The van der Waals surface area contributed by atoms with E-state index in [1.54, 1.807) is 0 Å². The third-order valence-electron chi connectivity index (χ3n) is 2.78. The molecule has 2 heteroatoms. The summed E-state index contributed by atoms with van der Waals surface area (Å²) in [4.78, 5) is 13.8. The van der Waals surface area contributed by atoms with E-state index in [0.717, 1.165) is 10.9 Å². The van der Waals surface area contributed by atoms with Gasteiger partial charge in [0.1, 0.15) is 0 Å². The van der Waals surface area contributed by atoms with Gasteiger partial charge in [-0.2, -0.15) is 0 Å². The number of rotatable bonds is 3. The van der Waals surface area contributed by atoms with Crippen LogP contribution in [0.1, 0.15) is 15.9 Å². The van der Waals surface area contributed by atoms with E-state index in [4.69, 9.17) is 0 Å². The lowest BCUT2D eigenvalue weighted by atomic mass is 10.0. The van der Waals surface area contributed by atoms with Crippen molar-refractivity contribution in [2.24, 2.45) is 0 Å². The van der Waals surface area contributed by atoms with E-state index >= 15 is 0 Å². The summed E-state index contributed by atoms with van der Waals surface area (Å²) in [5, 5.41) is 2.31. The summed E-state index contributed by atoms with van der Waals surface area (Å²) in [6.07, 6.45) is 0. The van der Waals surface area contributed by atoms with Crippen molar-refractivity contribution < 1.29 is 4.79 Å². The Morgan fingerprint density at radius 3 is 2.41 bits per heavy atom. The van der Waals surface area contributed by atoms with Crippen LogP contribution in [0.5, 0.6) is 0 Å². The van der Waals surface area contributed by atoms with Crippen LogP contribution in [0, 0.1) is 6.92 Å². The van der Waals surface area contributed by atoms with Crippen LogP contribution in [-0.2, 0) is 0 Å². The first-order valence-electron chi connectivity index (χ1n) is 5.74. The molecule has 0 aromatic heterocycles. The van der Waals surface area contributed by atoms with Gasteiger partial charge in [0, 0.05) is 5.56 Å². The van der Waals surface area contributed by atoms with E-state index < -0.39 is 0 Å². The van der Waals surface area contributed by atoms with Crippen molar-refractivity contribution in [3.63, 3.8) is 0 Å². The number of benzene rings is 2. The molecule has 2 nitrogen and oxygen atoms in total. The first-order valence-corrected chi connectivity index (χ1v) is 5.74. The topological polar surface area (TPSA) is 20.3 Å². The fourth-order valence-electron chi connectivity index (χ4n) is 1.92. The van der Waals surface area contributed by atoms with Crippen LogP contribution in [0.3, 0.4) is 0 Å². The van der Waals surface area contributed by atoms with Gasteiger partial charge in [-0.15, -0.1) is 0 Å². The van der Waals surface area contributed by atoms with Gasteiger partial charge in [0.2, 0.25) is 0 Å². The molecule has 2 aromatic carbocycles. The molecule has 0 unspecified atom stereocenters. The molecule has 0 aliphatic heterocycles. The molecule has 0 heterocycles. The summed E-state index contributed by atoms with van der Waals surface area (Å²) in [6, 6.07) is 12.2. The molecule has 0 spiro atoms. The first kappa shape index (κ1) is 11.8. The molecular weight excluding hydrogens is 210 g/mol. The summed E-state index contributed by atoms with van der Waals surface area (Å²) in [7, 11) is 3.81. The Morgan fingerprint density at radius 1 is 1.06 bits per heavy atom. The molecule has 0 bridgehead atoms. The van der Waals surface area contributed by atoms with Crippen LogP contribution in [0.15, 0.2) is 36.4 Å². The Balaban J connectivity index is 2.38. The number of fused-ring (bicyclic) bond motifs is 1. The van der Waals surface area contributed by atoms with Crippen LogP contribution in [0.2, 0.25) is 0 Å². The predicted octanol–water partition coefficient (Wildman–Crippen LogP) is 2.89. The standard InChI is InChI=1S/C15H17NO/c1-11-4-5-13-9-14(7-6-12(13)8-11)15(17)10-16(2)3/h4-9H,10H2,1-3H3. The van der Waals surface area contributed by atoms with Gasteiger partial charge in [0.05, 0.1) is 6.54 Å². The highest BCUT2D eigenvalue weighted by molar-refractivity contribution is 6.01. The Morgan fingerprint density at radius 2 is 1.71 bits per heavy atom. The van der Waals surface area contributed by atoms with Gasteiger partial charge in [-0.1, -0.05) is 35.9 Å². The zero-order chi connectivity index (χ0) is 12.4. The molecule has 0 saturated carbocycles. The zero-order valence-corrected chi connectivity index (χ0v) is 10.5. The van der Waals surface area contributed by atoms with Gasteiger partial charge in [-0.05, 0) is 37.9 Å². The van der Waals surface area contributed by atoms with E-state index in [1.165, 1.54) is 10.9 Å². The summed E-state index contributed by atoms with van der Waals surface area (Å²) in [5.41, 5.74) is 2.03. The maximum absolute atomic E-state index is 11.9. The summed E-state index contributed by atoms with van der Waals surface area (Å²) < 4.78 is 0. The number of Topliss-reactive ketones (excluding diaryl/α,β-unsaturated/α-hetero) is 1. The largest absolute Gasteiger partial charge is 0.302 e. The number of carbonyl (C=O) groups excluding carboxylic acids is 1. The van der Waals surface area contributed by atoms with Gasteiger partial charge in [-0.3, -0.25) is 4.79 Å². The second-order valence-electron chi connectivity index (χ2n) is 4.73. The van der Waals surface area contributed by atoms with Crippen LogP contribution >= 0.6 is 0 Å². The van der Waals surface area contributed by atoms with Crippen molar-refractivity contribution in [3.05, 3.63) is 47.5 Å². The Kier molecular flexibility index (Phi) is 3.25. The average molecular weight is 227 g/mol. The molecular formula is C15H17NO. The smallest absolute Gasteiger partial charge is 0.176 e. The van der Waals surface area contributed by atoms with E-state index in [9.17, 15) is 4.79 Å². The van der Waals surface area contributed by atoms with Crippen LogP contribution in [-0.4, -0.2) is 31.3 Å². The fraction of sp³-hybridized carbons (Fsp3) is 0.267. The van der Waals surface area contributed by atoms with Crippen molar-refractivity contribution in [2.45, 2.75) is 6.92 Å². The Labute approximate surface area is 102 Å². The SMILES string of the molecule is Cc1ccc2cc(C(=O)CN(C)C)ccc2c1. The molecule has 2 aromatic rings. The molecule has 0 aliphatic carbocycles. The van der Waals surface area contributed by atoms with Gasteiger partial charge < -0.3 is 4.90 Å². The number of aryl methyl sites for hydroxylation is 1. The zero-order valence-electron chi connectivity index (χ0n) is 10.5. The monoisotopic (exact) mass is 227 g/mol. The third-order valence-corrected chi connectivity index (χ3v) is 2.78. The maximum atomic E-state index is 11.9. The number of carbonyl (C=O) groups is 1. The summed E-state index contributed by atoms with van der Waals surface area (Å²) >= 11 is 0. The van der Waals surface area contributed by atoms with Crippen molar-refractivity contribution in [3.8, 4) is 0 Å². The molecule has 2 rings (SSSR count). The van der Waals surface area contributed by atoms with Crippen molar-refractivity contribution in [1.82, 2.24) is 4.90 Å². The van der Waals surface area contributed by atoms with Crippen LogP contribution < -0.4 is 0 Å². The predicted molar refractivity (Wildman–Crippen MR) is 71.6 cm³/mol. The molecule has 0 fully saturated rings. The molecule has 17 heavy (non-hydrogen) atoms. The Hall–Kier alpha value is -1.67. The fourth-order valence-corrected chi connectivity index (χ4v) is 1.92. The lowest BCUT2D eigenvalue weighted by Crippen LogP contribution is -2.21. The maximum Gasteiger partial charge on any atom is 0.176 e. The minimum atomic E-state index is 0.164. The minimum absolute atomic E-state index is 0.164. The van der Waals surface area contributed by atoms with Crippen molar-refractivity contribution in [1.29, 1.82) is 0 Å². The molecule has 88 valence electrons. The average Bonchev–Trinajstić information content (AvgIpc) is 2.27. The van der Waals surface area contributed by atoms with Gasteiger partial charge >= 0.3 is 0 Å². The molecule has 0 amide bonds. The third kappa shape index (κ3) is 2.71. The van der Waals surface area contributed by atoms with Crippen molar-refractivity contribution in [2.75, 3.05) is 20.6 Å². The van der Waals surface area contributed by atoms with E-state index in [2.05, 4.69) is 25.1 Å². The highest BCUT2D eigenvalue weighted by Crippen LogP contribution is 2.18. The van der Waals surface area contributed by atoms with Gasteiger partial charge in [0.15, 0.2) is 5.78 Å². The van der Waals surface area contributed by atoms with E-state index in [-0.39, 0.29) is 5.78 Å². The van der Waals surface area contributed by atoms with Crippen LogP contribution in [0.25, 0.3) is 10.8 Å². The normalized spacial score (nSPS) is 11.1. The highest BCUT2D eigenvalue weighted by atomic mass is 16.1. The number of hydrogen-bond donors (Lipinski definition) is 0. The molecule has 0 N–H and O–H groups in total.